The molecule has 1 aromatic carbocycles. The number of hydrogen-bond donors (Lipinski definition) is 1. The van der Waals surface area contributed by atoms with Crippen LogP contribution in [0.3, 0.4) is 0 Å². The Hall–Kier alpha value is -1.27. The summed E-state index contributed by atoms with van der Waals surface area (Å²) < 4.78 is 45.4. The minimum Gasteiger partial charge on any atom is -0.496 e. The molecule has 1 atom stereocenters. The number of ether oxygens (including phenoxy) is 1. The summed E-state index contributed by atoms with van der Waals surface area (Å²) in [5.41, 5.74) is 1.07. The Balaban J connectivity index is 2.35. The summed E-state index contributed by atoms with van der Waals surface area (Å²) in [6.45, 7) is 3.75. The fourth-order valence-electron chi connectivity index (χ4n) is 2.55. The molecule has 0 aromatic heterocycles. The number of halogens is 3. The first-order valence-corrected chi connectivity index (χ1v) is 6.59. The molecular weight excluding hydrogens is 269 g/mol. The molecule has 3 nitrogen and oxygen atoms in total. The van der Waals surface area contributed by atoms with Crippen molar-refractivity contribution < 1.29 is 17.9 Å². The van der Waals surface area contributed by atoms with Crippen molar-refractivity contribution in [3.63, 3.8) is 0 Å². The van der Waals surface area contributed by atoms with Gasteiger partial charge in [-0.1, -0.05) is 12.1 Å². The fraction of sp³-hybridized carbons (Fsp3) is 0.571. The van der Waals surface area contributed by atoms with E-state index in [1.165, 1.54) is 24.1 Å². The van der Waals surface area contributed by atoms with Crippen molar-refractivity contribution in [2.75, 3.05) is 33.3 Å². The molecular formula is C14H19F3N2O. The molecule has 6 heteroatoms. The van der Waals surface area contributed by atoms with Gasteiger partial charge in [-0.2, -0.15) is 13.2 Å². The van der Waals surface area contributed by atoms with Crippen LogP contribution in [0.2, 0.25) is 0 Å². The highest BCUT2D eigenvalue weighted by atomic mass is 19.4. The summed E-state index contributed by atoms with van der Waals surface area (Å²) in [5.74, 6) is 0.492. The van der Waals surface area contributed by atoms with Crippen LogP contribution in [0.15, 0.2) is 18.2 Å². The third-order valence-corrected chi connectivity index (χ3v) is 3.57. The second kappa shape index (κ2) is 6.01. The van der Waals surface area contributed by atoms with Crippen LogP contribution in [0.5, 0.6) is 5.75 Å². The van der Waals surface area contributed by atoms with E-state index in [2.05, 4.69) is 5.32 Å². The van der Waals surface area contributed by atoms with E-state index in [-0.39, 0.29) is 5.56 Å². The van der Waals surface area contributed by atoms with E-state index < -0.39 is 12.2 Å². The predicted octanol–water partition coefficient (Wildman–Crippen LogP) is 2.51. The number of rotatable bonds is 3. The van der Waals surface area contributed by atoms with Crippen LogP contribution in [0.25, 0.3) is 0 Å². The molecule has 0 aliphatic carbocycles. The highest BCUT2D eigenvalue weighted by Crippen LogP contribution is 2.39. The Morgan fingerprint density at radius 1 is 1.25 bits per heavy atom. The summed E-state index contributed by atoms with van der Waals surface area (Å²) in [5, 5.41) is 3.07. The Bertz CT molecular complexity index is 456. The van der Waals surface area contributed by atoms with E-state index in [0.29, 0.717) is 31.9 Å². The van der Waals surface area contributed by atoms with Gasteiger partial charge < -0.3 is 10.1 Å². The molecule has 1 aromatic rings. The van der Waals surface area contributed by atoms with Crippen LogP contribution < -0.4 is 10.1 Å². The van der Waals surface area contributed by atoms with Crippen molar-refractivity contribution in [1.82, 2.24) is 10.2 Å². The van der Waals surface area contributed by atoms with Gasteiger partial charge in [0.2, 0.25) is 0 Å². The van der Waals surface area contributed by atoms with Crippen LogP contribution in [0, 0.1) is 6.92 Å². The zero-order valence-electron chi connectivity index (χ0n) is 11.6. The number of aryl methyl sites for hydroxylation is 1. The molecule has 0 amide bonds. The normalized spacial score (nSPS) is 18.9. The van der Waals surface area contributed by atoms with Crippen LogP contribution >= 0.6 is 0 Å². The van der Waals surface area contributed by atoms with Gasteiger partial charge in [0.05, 0.1) is 7.11 Å². The topological polar surface area (TPSA) is 24.5 Å². The van der Waals surface area contributed by atoms with Gasteiger partial charge in [0, 0.05) is 26.2 Å². The lowest BCUT2D eigenvalue weighted by atomic mass is 10.0. The van der Waals surface area contributed by atoms with E-state index >= 15 is 0 Å². The maximum Gasteiger partial charge on any atom is 0.408 e. The third-order valence-electron chi connectivity index (χ3n) is 3.57. The van der Waals surface area contributed by atoms with E-state index in [1.54, 1.807) is 6.07 Å². The number of benzene rings is 1. The van der Waals surface area contributed by atoms with E-state index in [4.69, 9.17) is 4.74 Å². The average Bonchev–Trinajstić information content (AvgIpc) is 2.40. The highest BCUT2D eigenvalue weighted by Gasteiger charge is 2.45. The summed E-state index contributed by atoms with van der Waals surface area (Å²) in [4.78, 5) is 1.47. The highest BCUT2D eigenvalue weighted by molar-refractivity contribution is 5.38. The number of nitrogens with zero attached hydrogens (tertiary/aromatic N) is 1. The quantitative estimate of drug-likeness (QED) is 0.925. The number of methoxy groups -OCH3 is 1. The Kier molecular flexibility index (Phi) is 4.55. The number of alkyl halides is 3. The monoisotopic (exact) mass is 288 g/mol. The maximum absolute atomic E-state index is 13.4. The van der Waals surface area contributed by atoms with Crippen molar-refractivity contribution in [3.8, 4) is 5.75 Å². The van der Waals surface area contributed by atoms with Crippen molar-refractivity contribution in [2.45, 2.75) is 19.1 Å². The minimum atomic E-state index is -4.29. The first-order valence-electron chi connectivity index (χ1n) is 6.59. The van der Waals surface area contributed by atoms with Gasteiger partial charge in [-0.3, -0.25) is 4.90 Å². The standard InChI is InChI=1S/C14H19F3N2O/c1-10-3-4-11(9-12(10)20-2)13(14(15,16)17)19-7-5-18-6-8-19/h3-4,9,13,18H,5-8H2,1-2H3/t13-/m0/s1. The van der Waals surface area contributed by atoms with Crippen molar-refractivity contribution >= 4 is 0 Å². The van der Waals surface area contributed by atoms with Gasteiger partial charge >= 0.3 is 6.18 Å². The minimum absolute atomic E-state index is 0.238. The van der Waals surface area contributed by atoms with Gasteiger partial charge in [-0.05, 0) is 24.1 Å². The first kappa shape index (κ1) is 15.1. The Morgan fingerprint density at radius 2 is 1.90 bits per heavy atom. The molecule has 0 bridgehead atoms. The molecule has 1 saturated heterocycles. The molecule has 1 N–H and O–H groups in total. The van der Waals surface area contributed by atoms with Crippen LogP contribution in [-0.4, -0.2) is 44.4 Å². The van der Waals surface area contributed by atoms with E-state index in [1.807, 2.05) is 6.92 Å². The third kappa shape index (κ3) is 3.24. The van der Waals surface area contributed by atoms with Crippen LogP contribution in [0.4, 0.5) is 13.2 Å². The molecule has 1 aliphatic heterocycles. The lowest BCUT2D eigenvalue weighted by Crippen LogP contribution is -2.49. The molecule has 112 valence electrons. The van der Waals surface area contributed by atoms with Crippen LogP contribution in [0.1, 0.15) is 17.2 Å². The van der Waals surface area contributed by atoms with Crippen molar-refractivity contribution in [3.05, 3.63) is 29.3 Å². The largest absolute Gasteiger partial charge is 0.496 e. The lowest BCUT2D eigenvalue weighted by Gasteiger charge is -2.36. The molecule has 1 fully saturated rings. The summed E-state index contributed by atoms with van der Waals surface area (Å²) in [6, 6.07) is 3.14. The molecule has 0 saturated carbocycles. The molecule has 20 heavy (non-hydrogen) atoms. The summed E-state index contributed by atoms with van der Waals surface area (Å²) >= 11 is 0. The second-order valence-corrected chi connectivity index (χ2v) is 4.96. The SMILES string of the molecule is COc1cc([C@H](N2CCNCC2)C(F)(F)F)ccc1C. The summed E-state index contributed by atoms with van der Waals surface area (Å²) in [6.07, 6.45) is -4.29. The first-order chi connectivity index (χ1) is 9.43. The summed E-state index contributed by atoms with van der Waals surface area (Å²) in [7, 11) is 1.47. The van der Waals surface area contributed by atoms with Crippen LogP contribution in [-0.2, 0) is 0 Å². The molecule has 0 spiro atoms. The molecule has 1 aliphatic rings. The van der Waals surface area contributed by atoms with Gasteiger partial charge in [-0.25, -0.2) is 0 Å². The number of nitrogens with one attached hydrogen (secondary N) is 1. The zero-order chi connectivity index (χ0) is 14.8. The average molecular weight is 288 g/mol. The van der Waals surface area contributed by atoms with Gasteiger partial charge in [-0.15, -0.1) is 0 Å². The lowest BCUT2D eigenvalue weighted by molar-refractivity contribution is -0.187. The molecule has 0 radical (unpaired) electrons. The predicted molar refractivity (Wildman–Crippen MR) is 71.0 cm³/mol. The molecule has 0 unspecified atom stereocenters. The van der Waals surface area contributed by atoms with Crippen molar-refractivity contribution in [2.24, 2.45) is 0 Å². The smallest absolute Gasteiger partial charge is 0.408 e. The van der Waals surface area contributed by atoms with Gasteiger partial charge in [0.25, 0.3) is 0 Å². The fourth-order valence-corrected chi connectivity index (χ4v) is 2.55. The Labute approximate surface area is 116 Å². The molecule has 1 heterocycles. The van der Waals surface area contributed by atoms with E-state index in [9.17, 15) is 13.2 Å². The van der Waals surface area contributed by atoms with Crippen molar-refractivity contribution in [1.29, 1.82) is 0 Å². The van der Waals surface area contributed by atoms with E-state index in [0.717, 1.165) is 5.56 Å². The Morgan fingerprint density at radius 3 is 2.45 bits per heavy atom. The number of hydrogen-bond acceptors (Lipinski definition) is 3. The maximum atomic E-state index is 13.4. The number of piperazine rings is 1. The van der Waals surface area contributed by atoms with Gasteiger partial charge in [0.1, 0.15) is 11.8 Å². The molecule has 2 rings (SSSR count). The zero-order valence-corrected chi connectivity index (χ0v) is 11.6. The second-order valence-electron chi connectivity index (χ2n) is 4.96. The van der Waals surface area contributed by atoms with Gasteiger partial charge in [0.15, 0.2) is 0 Å².